The van der Waals surface area contributed by atoms with E-state index in [0.29, 0.717) is 0 Å². The highest BCUT2D eigenvalue weighted by molar-refractivity contribution is 8.32. The van der Waals surface area contributed by atoms with E-state index in [4.69, 9.17) is 11.6 Å². The first-order chi connectivity index (χ1) is 19.6. The minimum absolute atomic E-state index is 0.0165. The Kier molecular flexibility index (Phi) is 10.4. The predicted molar refractivity (Wildman–Crippen MR) is 144 cm³/mol. The highest BCUT2D eigenvalue weighted by Crippen LogP contribution is 2.69. The fourth-order valence-corrected chi connectivity index (χ4v) is 10.1. The summed E-state index contributed by atoms with van der Waals surface area (Å²) in [5.41, 5.74) is 0. The SMILES string of the molecule is O=C(CCl)CCCOC(=O)C(C(F)(F)F)(C(F)(F)F)S(=O)(=O)[OH+]S(c1ccccc1)(c1ccccc1)c1ccccc1. The molecule has 1 N–H and O–H groups in total. The summed E-state index contributed by atoms with van der Waals surface area (Å²) in [6, 6.07) is 21.0. The number of rotatable bonds is 12. The fourth-order valence-electron chi connectivity index (χ4n) is 3.99. The van der Waals surface area contributed by atoms with Gasteiger partial charge >= 0.3 is 33.2 Å². The van der Waals surface area contributed by atoms with Crippen molar-refractivity contribution in [1.29, 1.82) is 0 Å². The molecule has 0 aromatic heterocycles. The summed E-state index contributed by atoms with van der Waals surface area (Å²) in [4.78, 5) is 24.1. The summed E-state index contributed by atoms with van der Waals surface area (Å²) < 4.78 is 117. The standard InChI is InChI=1S/C27H23ClF6O6S2/c28-19-20(35)11-10-18-39-24(36)25(26(29,30)31,27(32,33)34)42(37,38)40-41(21-12-4-1-5-13-21,22-14-6-2-7-15-22)23-16-8-3-9-17-23/h1-9,12-17H,10-11,18-19H2/p+1. The van der Waals surface area contributed by atoms with E-state index in [2.05, 4.69) is 8.37 Å². The van der Waals surface area contributed by atoms with E-state index < -0.39 is 74.6 Å². The van der Waals surface area contributed by atoms with Gasteiger partial charge in [0.05, 0.1) is 37.5 Å². The maximum absolute atomic E-state index is 14.6. The van der Waals surface area contributed by atoms with Gasteiger partial charge in [-0.05, 0) is 42.8 Å². The van der Waals surface area contributed by atoms with Gasteiger partial charge in [0.1, 0.15) is 5.78 Å². The third-order valence-corrected chi connectivity index (χ3v) is 12.2. The minimum Gasteiger partial charge on any atom is -0.464 e. The number of esters is 1. The normalized spacial score (nSPS) is 13.4. The van der Waals surface area contributed by atoms with Crippen LogP contribution in [-0.2, 0) is 24.4 Å². The van der Waals surface area contributed by atoms with E-state index >= 15 is 0 Å². The zero-order valence-corrected chi connectivity index (χ0v) is 23.8. The Balaban J connectivity index is 2.31. The van der Waals surface area contributed by atoms with Crippen molar-refractivity contribution in [3.05, 3.63) is 91.0 Å². The fraction of sp³-hybridized carbons (Fsp3) is 0.259. The van der Waals surface area contributed by atoms with Crippen LogP contribution in [0.25, 0.3) is 0 Å². The molecule has 0 saturated carbocycles. The van der Waals surface area contributed by atoms with Gasteiger partial charge in [-0.3, -0.25) is 8.42 Å². The van der Waals surface area contributed by atoms with Crippen molar-refractivity contribution in [2.75, 3.05) is 12.5 Å². The third kappa shape index (κ3) is 6.31. The molecular weight excluding hydrogens is 634 g/mol. The second-order valence-corrected chi connectivity index (χ2v) is 13.7. The molecule has 0 aliphatic heterocycles. The summed E-state index contributed by atoms with van der Waals surface area (Å²) in [5, 5.41) is 0. The molecule has 42 heavy (non-hydrogen) atoms. The van der Waals surface area contributed by atoms with Gasteiger partial charge < -0.3 is 4.74 Å². The van der Waals surface area contributed by atoms with Crippen LogP contribution in [0.2, 0.25) is 0 Å². The van der Waals surface area contributed by atoms with Crippen LogP contribution in [0.3, 0.4) is 0 Å². The summed E-state index contributed by atoms with van der Waals surface area (Å²) in [7, 11) is -10.7. The van der Waals surface area contributed by atoms with Crippen molar-refractivity contribution in [3.8, 4) is 0 Å². The third-order valence-electron chi connectivity index (χ3n) is 5.92. The van der Waals surface area contributed by atoms with E-state index in [1.807, 2.05) is 0 Å². The molecule has 15 heteroatoms. The Labute approximate surface area is 244 Å². The summed E-state index contributed by atoms with van der Waals surface area (Å²) in [6.45, 7) is -1.11. The largest absolute Gasteiger partial charge is 0.464 e. The van der Waals surface area contributed by atoms with E-state index in [1.54, 1.807) is 0 Å². The van der Waals surface area contributed by atoms with Gasteiger partial charge in [-0.15, -0.1) is 11.6 Å². The number of hydrogen-bond acceptors (Lipinski definition) is 5. The molecule has 0 radical (unpaired) electrons. The first-order valence-corrected chi connectivity index (χ1v) is 15.6. The Hall–Kier alpha value is -3.07. The number of carbonyl (C=O) groups excluding carboxylic acids is 2. The lowest BCUT2D eigenvalue weighted by molar-refractivity contribution is -0.269. The highest BCUT2D eigenvalue weighted by Gasteiger charge is 2.89. The van der Waals surface area contributed by atoms with Crippen molar-refractivity contribution < 1.29 is 52.7 Å². The lowest BCUT2D eigenvalue weighted by Crippen LogP contribution is -2.68. The Morgan fingerprint density at radius 1 is 0.714 bits per heavy atom. The van der Waals surface area contributed by atoms with Crippen LogP contribution in [0.1, 0.15) is 12.8 Å². The molecule has 6 nitrogen and oxygen atoms in total. The Morgan fingerprint density at radius 3 is 1.43 bits per heavy atom. The van der Waals surface area contributed by atoms with Crippen LogP contribution in [0, 0.1) is 0 Å². The maximum Gasteiger partial charge on any atom is 0.435 e. The molecule has 0 unspecified atom stereocenters. The van der Waals surface area contributed by atoms with Crippen LogP contribution in [0.5, 0.6) is 0 Å². The Bertz CT molecular complexity index is 1360. The lowest BCUT2D eigenvalue weighted by Gasteiger charge is -2.38. The second kappa shape index (κ2) is 13.1. The number of Topliss-reactive ketones (excluding diaryl/α,β-unsaturated/α-hetero) is 1. The zero-order chi connectivity index (χ0) is 31.2. The molecule has 0 aliphatic carbocycles. The first kappa shape index (κ1) is 33.4. The molecule has 0 aliphatic rings. The average molecular weight is 658 g/mol. The van der Waals surface area contributed by atoms with Crippen molar-refractivity contribution in [2.45, 2.75) is 44.6 Å². The van der Waals surface area contributed by atoms with Crippen LogP contribution < -0.4 is 0 Å². The van der Waals surface area contributed by atoms with Crippen LogP contribution in [0.15, 0.2) is 106 Å². The molecule has 3 aromatic rings. The van der Waals surface area contributed by atoms with E-state index in [-0.39, 0.29) is 14.7 Å². The molecule has 228 valence electrons. The molecule has 0 fully saturated rings. The van der Waals surface area contributed by atoms with E-state index in [1.165, 1.54) is 91.0 Å². The van der Waals surface area contributed by atoms with E-state index in [9.17, 15) is 44.3 Å². The molecule has 0 bridgehead atoms. The van der Waals surface area contributed by atoms with Gasteiger partial charge in [0.2, 0.25) is 0 Å². The number of carbonyl (C=O) groups is 2. The predicted octanol–water partition coefficient (Wildman–Crippen LogP) is 7.30. The molecule has 0 heterocycles. The van der Waals surface area contributed by atoms with Gasteiger partial charge in [-0.1, -0.05) is 54.6 Å². The van der Waals surface area contributed by atoms with Crippen molar-refractivity contribution in [3.63, 3.8) is 0 Å². The van der Waals surface area contributed by atoms with Crippen molar-refractivity contribution in [2.24, 2.45) is 0 Å². The molecule has 0 saturated heterocycles. The Morgan fingerprint density at radius 2 is 1.10 bits per heavy atom. The van der Waals surface area contributed by atoms with E-state index in [0.717, 1.165) is 0 Å². The first-order valence-electron chi connectivity index (χ1n) is 12.0. The summed E-state index contributed by atoms with van der Waals surface area (Å²) in [5.74, 6) is -4.23. The summed E-state index contributed by atoms with van der Waals surface area (Å²) >= 11 is 5.31. The monoisotopic (exact) mass is 657 g/mol. The second-order valence-electron chi connectivity index (χ2n) is 8.66. The van der Waals surface area contributed by atoms with Crippen LogP contribution >= 0.6 is 21.9 Å². The highest BCUT2D eigenvalue weighted by atomic mass is 35.5. The molecule has 0 spiro atoms. The van der Waals surface area contributed by atoms with Crippen molar-refractivity contribution >= 4 is 43.8 Å². The maximum atomic E-state index is 14.6. The molecule has 3 rings (SSSR count). The number of hydrogen-bond donors (Lipinski definition) is 0. The van der Waals surface area contributed by atoms with Gasteiger partial charge in [0.15, 0.2) is 0 Å². The number of halogens is 7. The van der Waals surface area contributed by atoms with Gasteiger partial charge in [-0.2, -0.15) is 34.8 Å². The quantitative estimate of drug-likeness (QED) is 0.0509. The number of ketones is 1. The van der Waals surface area contributed by atoms with Crippen LogP contribution in [0.4, 0.5) is 26.3 Å². The summed E-state index contributed by atoms with van der Waals surface area (Å²) in [6.07, 6.45) is -14.4. The van der Waals surface area contributed by atoms with Gasteiger partial charge in [0, 0.05) is 6.42 Å². The zero-order valence-electron chi connectivity index (χ0n) is 21.4. The topological polar surface area (TPSA) is 90.3 Å². The van der Waals surface area contributed by atoms with Gasteiger partial charge in [0.25, 0.3) is 0 Å². The minimum atomic E-state index is -6.91. The van der Waals surface area contributed by atoms with Gasteiger partial charge in [-0.25, -0.2) is 4.79 Å². The molecular formula is C27H24ClF6O6S2+. The number of alkyl halides is 7. The van der Waals surface area contributed by atoms with Crippen LogP contribution in [-0.4, -0.2) is 53.4 Å². The lowest BCUT2D eigenvalue weighted by atomic mass is 10.1. The van der Waals surface area contributed by atoms with Crippen molar-refractivity contribution in [1.82, 2.24) is 0 Å². The molecule has 0 amide bonds. The smallest absolute Gasteiger partial charge is 0.435 e. The number of benzene rings is 3. The molecule has 3 aromatic carbocycles. The number of ether oxygens (including phenoxy) is 1. The molecule has 0 atom stereocenters. The average Bonchev–Trinajstić information content (AvgIpc) is 2.94.